The molecule has 3 N–H and O–H groups in total. The van der Waals surface area contributed by atoms with Gasteiger partial charge in [-0.15, -0.1) is 0 Å². The number of benzene rings is 2. The number of amidine groups is 1. The Morgan fingerprint density at radius 3 is 2.64 bits per heavy atom. The van der Waals surface area contributed by atoms with Gasteiger partial charge in [0.15, 0.2) is 5.84 Å². The number of rotatable bonds is 5. The highest BCUT2D eigenvalue weighted by Gasteiger charge is 2.19. The number of ether oxygens (including phenoxy) is 2. The first-order chi connectivity index (χ1) is 13.5. The smallest absolute Gasteiger partial charge is 0.154 e. The zero-order chi connectivity index (χ0) is 20.1. The average molecular weight is 373 g/mol. The van der Waals surface area contributed by atoms with Crippen LogP contribution in [0, 0.1) is 22.1 Å². The summed E-state index contributed by atoms with van der Waals surface area (Å²) in [5.74, 6) is 1.64. The van der Waals surface area contributed by atoms with Gasteiger partial charge < -0.3 is 14.8 Å². The van der Waals surface area contributed by atoms with E-state index in [0.29, 0.717) is 35.1 Å². The minimum atomic E-state index is 0.00710. The predicted molar refractivity (Wildman–Crippen MR) is 108 cm³/mol. The summed E-state index contributed by atoms with van der Waals surface area (Å²) in [7, 11) is 3.17. The van der Waals surface area contributed by atoms with Crippen LogP contribution in [-0.4, -0.2) is 31.5 Å². The van der Waals surface area contributed by atoms with Gasteiger partial charge in [0, 0.05) is 23.7 Å². The maximum Gasteiger partial charge on any atom is 0.154 e. The lowest BCUT2D eigenvalue weighted by atomic mass is 10.0. The molecule has 1 aliphatic heterocycles. The minimum Gasteiger partial charge on any atom is -0.497 e. The van der Waals surface area contributed by atoms with Crippen molar-refractivity contribution in [3.63, 3.8) is 0 Å². The predicted octanol–water partition coefficient (Wildman–Crippen LogP) is 3.16. The summed E-state index contributed by atoms with van der Waals surface area (Å²) < 4.78 is 10.6. The summed E-state index contributed by atoms with van der Waals surface area (Å²) in [6.45, 7) is 0.368. The molecule has 0 aromatic heterocycles. The van der Waals surface area contributed by atoms with Crippen LogP contribution in [0.4, 0.5) is 0 Å². The van der Waals surface area contributed by atoms with Crippen molar-refractivity contribution in [2.45, 2.75) is 6.54 Å². The first-order valence-electron chi connectivity index (χ1n) is 8.49. The summed E-state index contributed by atoms with van der Waals surface area (Å²) in [6, 6.07) is 14.6. The van der Waals surface area contributed by atoms with Crippen LogP contribution in [0.5, 0.6) is 11.5 Å². The molecule has 140 valence electrons. The highest BCUT2D eigenvalue weighted by atomic mass is 16.5. The number of nitriles is 1. The van der Waals surface area contributed by atoms with Gasteiger partial charge in [-0.25, -0.2) is 4.99 Å². The third-order valence-corrected chi connectivity index (χ3v) is 4.25. The third kappa shape index (κ3) is 3.91. The summed E-state index contributed by atoms with van der Waals surface area (Å²) >= 11 is 0. The lowest BCUT2D eigenvalue weighted by Crippen LogP contribution is -2.36. The number of allylic oxidation sites excluding steroid dienone is 1. The van der Waals surface area contributed by atoms with Gasteiger partial charge in [-0.05, 0) is 30.3 Å². The summed E-state index contributed by atoms with van der Waals surface area (Å²) in [4.78, 5) is 4.49. The van der Waals surface area contributed by atoms with Crippen LogP contribution in [0.3, 0.4) is 0 Å². The quantitative estimate of drug-likeness (QED) is 0.747. The highest BCUT2D eigenvalue weighted by Crippen LogP contribution is 2.25. The number of nitrogens with one attached hydrogen (secondary N) is 3. The van der Waals surface area contributed by atoms with E-state index in [2.05, 4.69) is 16.4 Å². The summed E-state index contributed by atoms with van der Waals surface area (Å²) in [5.41, 5.74) is 2.69. The minimum absolute atomic E-state index is 0.00710. The second kappa shape index (κ2) is 8.18. The molecule has 0 spiro atoms. The van der Waals surface area contributed by atoms with Gasteiger partial charge >= 0.3 is 0 Å². The largest absolute Gasteiger partial charge is 0.497 e. The Hall–Kier alpha value is -3.92. The van der Waals surface area contributed by atoms with Crippen LogP contribution >= 0.6 is 0 Å². The van der Waals surface area contributed by atoms with E-state index in [0.717, 1.165) is 11.1 Å². The number of hydrogen-bond donors (Lipinski definition) is 3. The van der Waals surface area contributed by atoms with Crippen LogP contribution in [0.25, 0.3) is 5.70 Å². The first kappa shape index (κ1) is 18.9. The molecule has 2 aromatic carbocycles. The Kier molecular flexibility index (Phi) is 5.51. The fourth-order valence-corrected chi connectivity index (χ4v) is 2.75. The summed E-state index contributed by atoms with van der Waals surface area (Å²) in [5, 5.41) is 28.4. The zero-order valence-electron chi connectivity index (χ0n) is 15.5. The molecule has 28 heavy (non-hydrogen) atoms. The van der Waals surface area contributed by atoms with Gasteiger partial charge in [0.1, 0.15) is 17.2 Å². The van der Waals surface area contributed by atoms with Gasteiger partial charge in [-0.3, -0.25) is 10.8 Å². The molecule has 0 fully saturated rings. The highest BCUT2D eigenvalue weighted by molar-refractivity contribution is 6.70. The van der Waals surface area contributed by atoms with E-state index in [-0.39, 0.29) is 11.4 Å². The van der Waals surface area contributed by atoms with Crippen LogP contribution in [0.15, 0.2) is 53.5 Å². The first-order valence-corrected chi connectivity index (χ1v) is 8.49. The van der Waals surface area contributed by atoms with Crippen molar-refractivity contribution in [3.05, 3.63) is 65.2 Å². The van der Waals surface area contributed by atoms with Crippen molar-refractivity contribution in [1.29, 1.82) is 16.1 Å². The molecular formula is C21H19N5O2. The van der Waals surface area contributed by atoms with E-state index in [4.69, 9.17) is 25.6 Å². The molecule has 0 aliphatic carbocycles. The number of hydrogen-bond acceptors (Lipinski definition) is 7. The second-order valence-corrected chi connectivity index (χ2v) is 6.00. The fourth-order valence-electron chi connectivity index (χ4n) is 2.75. The molecule has 1 heterocycles. The normalized spacial score (nSPS) is 13.3. The van der Waals surface area contributed by atoms with Crippen molar-refractivity contribution in [3.8, 4) is 17.6 Å². The third-order valence-electron chi connectivity index (χ3n) is 4.25. The topological polar surface area (TPSA) is 114 Å². The molecule has 3 rings (SSSR count). The molecule has 1 aliphatic rings. The number of methoxy groups -OCH3 is 2. The van der Waals surface area contributed by atoms with Crippen LogP contribution < -0.4 is 14.8 Å². The molecule has 0 saturated carbocycles. The SMILES string of the molecule is COc1ccc(CNC2=NC(c3cccc(C#N)c3)=CC(=N)C2=N)c(OC)c1. The number of nitrogens with zero attached hydrogens (tertiary/aromatic N) is 2. The molecule has 0 radical (unpaired) electrons. The Bertz CT molecular complexity index is 1050. The van der Waals surface area contributed by atoms with E-state index in [1.54, 1.807) is 38.5 Å². The van der Waals surface area contributed by atoms with Gasteiger partial charge in [-0.1, -0.05) is 12.1 Å². The molecule has 7 nitrogen and oxygen atoms in total. The Morgan fingerprint density at radius 1 is 1.11 bits per heavy atom. The molecule has 7 heteroatoms. The van der Waals surface area contributed by atoms with Crippen molar-refractivity contribution in [2.75, 3.05) is 14.2 Å². The standard InChI is InChI=1S/C21H19N5O2/c1-27-16-7-6-15(19(9-16)28-2)12-25-21-20(24)17(23)10-18(26-21)14-5-3-4-13(8-14)11-22/h3-10,23-24H,12H2,1-2H3,(H,25,26). The zero-order valence-corrected chi connectivity index (χ0v) is 15.5. The molecule has 0 unspecified atom stereocenters. The van der Waals surface area contributed by atoms with Crippen molar-refractivity contribution in [1.82, 2.24) is 5.32 Å². The monoisotopic (exact) mass is 373 g/mol. The molecule has 0 bridgehead atoms. The van der Waals surface area contributed by atoms with Gasteiger partial charge in [-0.2, -0.15) is 5.26 Å². The molecule has 2 aromatic rings. The Balaban J connectivity index is 1.85. The summed E-state index contributed by atoms with van der Waals surface area (Å²) in [6.07, 6.45) is 1.53. The lowest BCUT2D eigenvalue weighted by Gasteiger charge is -2.18. The van der Waals surface area contributed by atoms with Gasteiger partial charge in [0.2, 0.25) is 0 Å². The molecule has 0 amide bonds. The van der Waals surface area contributed by atoms with Crippen LogP contribution in [-0.2, 0) is 6.54 Å². The van der Waals surface area contributed by atoms with E-state index < -0.39 is 0 Å². The van der Waals surface area contributed by atoms with Crippen molar-refractivity contribution < 1.29 is 9.47 Å². The van der Waals surface area contributed by atoms with Crippen molar-refractivity contribution in [2.24, 2.45) is 4.99 Å². The Morgan fingerprint density at radius 2 is 1.93 bits per heavy atom. The second-order valence-electron chi connectivity index (χ2n) is 6.00. The van der Waals surface area contributed by atoms with Gasteiger partial charge in [0.05, 0.1) is 37.3 Å². The van der Waals surface area contributed by atoms with E-state index in [9.17, 15) is 0 Å². The molecule has 0 saturated heterocycles. The van der Waals surface area contributed by atoms with Crippen molar-refractivity contribution >= 4 is 23.0 Å². The Labute approximate surface area is 163 Å². The van der Waals surface area contributed by atoms with E-state index >= 15 is 0 Å². The lowest BCUT2D eigenvalue weighted by molar-refractivity contribution is 0.390. The maximum absolute atomic E-state index is 9.09. The van der Waals surface area contributed by atoms with E-state index in [1.807, 2.05) is 18.2 Å². The average Bonchev–Trinajstić information content (AvgIpc) is 2.74. The van der Waals surface area contributed by atoms with Crippen LogP contribution in [0.1, 0.15) is 16.7 Å². The molecule has 0 atom stereocenters. The number of aliphatic imine (C=N–C) groups is 1. The maximum atomic E-state index is 9.09. The fraction of sp³-hybridized carbons (Fsp3) is 0.143. The van der Waals surface area contributed by atoms with Crippen LogP contribution in [0.2, 0.25) is 0 Å². The van der Waals surface area contributed by atoms with E-state index in [1.165, 1.54) is 6.08 Å². The molecular weight excluding hydrogens is 354 g/mol. The van der Waals surface area contributed by atoms with Gasteiger partial charge in [0.25, 0.3) is 0 Å².